The first kappa shape index (κ1) is 55.9. The van der Waals surface area contributed by atoms with Crippen LogP contribution in [0.3, 0.4) is 0 Å². The summed E-state index contributed by atoms with van der Waals surface area (Å²) in [5.41, 5.74) is 5.92. The summed E-state index contributed by atoms with van der Waals surface area (Å²) in [6.07, 6.45) is 3.79. The van der Waals surface area contributed by atoms with E-state index in [1.54, 1.807) is 25.3 Å². The number of rotatable bonds is 23. The van der Waals surface area contributed by atoms with Gasteiger partial charge in [-0.2, -0.15) is 0 Å². The maximum absolute atomic E-state index is 12.3. The van der Waals surface area contributed by atoms with Gasteiger partial charge in [-0.3, -0.25) is 0 Å². The van der Waals surface area contributed by atoms with E-state index in [0.717, 1.165) is 81.3 Å². The quantitative estimate of drug-likeness (QED) is 0.0473. The summed E-state index contributed by atoms with van der Waals surface area (Å²) in [6.45, 7) is 17.9. The Morgan fingerprint density at radius 3 is 1.26 bits per heavy atom. The van der Waals surface area contributed by atoms with Gasteiger partial charge in [0, 0.05) is 17.9 Å². The number of ether oxygens (including phenoxy) is 8. The smallest absolute Gasteiger partial charge is 0.338 e. The van der Waals surface area contributed by atoms with Crippen molar-refractivity contribution in [3.05, 3.63) is 138 Å². The second-order valence-electron chi connectivity index (χ2n) is 20.5. The first-order valence-electron chi connectivity index (χ1n) is 25.8. The van der Waals surface area contributed by atoms with Gasteiger partial charge in [0.15, 0.2) is 0 Å². The van der Waals surface area contributed by atoms with Gasteiger partial charge in [0.05, 0.1) is 114 Å². The fourth-order valence-electron chi connectivity index (χ4n) is 8.94. The highest BCUT2D eigenvalue weighted by Gasteiger charge is 2.41. The second kappa shape index (κ2) is 26.1. The standard InChI is InChI=1S/C26H34O4.C20H26O6.C13H16O3Si/c1-3-25(17-29-18-25)15-27-13-21-5-9-23(10-6-21)24-11-7-22(8-12-24)14-28-16-26(4-2)19-30-20-26;1-3-19(9-23-10-19)13-25-17(21)15-6-5-7-16(8-15)18(22)26-14-20(4-2)11-24-12-20;1-16-17(9-14,10-15)13-8-4-6-11-5-2-3-7-12(11)13/h5-12H,3-4,13-20H2,1-2H3;5-8H,3-4,9-14H2,1-2H3;2-8,14-15H,9-10H2,1H3. The largest absolute Gasteiger partial charge is 0.461 e. The number of carbonyl (C=O) groups excluding carboxylic acids is 2. The molecular weight excluding hydrogens is 945 g/mol. The number of benzene rings is 5. The molecule has 5 aromatic carbocycles. The van der Waals surface area contributed by atoms with Crippen molar-refractivity contribution in [2.24, 2.45) is 21.7 Å². The molecule has 0 bridgehead atoms. The summed E-state index contributed by atoms with van der Waals surface area (Å²) in [4.78, 5) is 24.6. The van der Waals surface area contributed by atoms with E-state index < -0.39 is 20.3 Å². The first-order chi connectivity index (χ1) is 35.4. The molecule has 9 rings (SSSR count). The lowest BCUT2D eigenvalue weighted by atomic mass is 9.84. The van der Waals surface area contributed by atoms with Gasteiger partial charge in [0.25, 0.3) is 8.32 Å². The summed E-state index contributed by atoms with van der Waals surface area (Å²) in [5, 5.41) is 22.2. The highest BCUT2D eigenvalue weighted by molar-refractivity contribution is 6.88. The lowest BCUT2D eigenvalue weighted by molar-refractivity contribution is -0.152. The Labute approximate surface area is 432 Å². The van der Waals surface area contributed by atoms with Gasteiger partial charge < -0.3 is 52.5 Å². The molecule has 0 unspecified atom stereocenters. The summed E-state index contributed by atoms with van der Waals surface area (Å²) in [7, 11) is -1.09. The molecule has 2 N–H and O–H groups in total. The van der Waals surface area contributed by atoms with Crippen molar-refractivity contribution in [1.82, 2.24) is 0 Å². The number of carbonyl (C=O) groups is 2. The molecule has 0 aliphatic carbocycles. The van der Waals surface area contributed by atoms with Crippen molar-refractivity contribution in [3.8, 4) is 11.1 Å². The average molecular weight is 1020 g/mol. The molecule has 14 heteroatoms. The molecular formula is C59H76O13Si. The molecule has 5 aromatic rings. The molecule has 0 amide bonds. The zero-order valence-corrected chi connectivity index (χ0v) is 44.5. The molecule has 4 fully saturated rings. The summed E-state index contributed by atoms with van der Waals surface area (Å²) in [6, 6.07) is 37.6. The van der Waals surface area contributed by atoms with Crippen LogP contribution in [0.2, 0.25) is 0 Å². The van der Waals surface area contributed by atoms with Crippen LogP contribution in [0.15, 0.2) is 115 Å². The van der Waals surface area contributed by atoms with Crippen LogP contribution < -0.4 is 5.19 Å². The number of hydrogen-bond acceptors (Lipinski definition) is 13. The van der Waals surface area contributed by atoms with Crippen molar-refractivity contribution >= 4 is 36.2 Å². The predicted molar refractivity (Wildman–Crippen MR) is 283 cm³/mol. The Bertz CT molecular complexity index is 2350. The number of esters is 2. The average Bonchev–Trinajstić information content (AvgIpc) is 3.39. The number of aliphatic hydroxyl groups is 2. The van der Waals surface area contributed by atoms with Crippen molar-refractivity contribution in [2.45, 2.75) is 66.6 Å². The molecule has 0 aromatic heterocycles. The van der Waals surface area contributed by atoms with Crippen LogP contribution in [0.4, 0.5) is 0 Å². The minimum absolute atomic E-state index is 0.0640. The third-order valence-electron chi connectivity index (χ3n) is 15.4. The van der Waals surface area contributed by atoms with Crippen molar-refractivity contribution < 1.29 is 62.1 Å². The summed E-state index contributed by atoms with van der Waals surface area (Å²) in [5.74, 6) is -0.867. The third kappa shape index (κ3) is 13.9. The van der Waals surface area contributed by atoms with Crippen LogP contribution in [-0.2, 0) is 55.5 Å². The Balaban J connectivity index is 0.000000166. The van der Waals surface area contributed by atoms with Crippen LogP contribution in [0.25, 0.3) is 21.9 Å². The maximum Gasteiger partial charge on any atom is 0.338 e. The Kier molecular flexibility index (Phi) is 20.0. The molecule has 4 aliphatic rings. The Hall–Kier alpha value is -4.84. The zero-order valence-electron chi connectivity index (χ0n) is 43.5. The Morgan fingerprint density at radius 1 is 0.507 bits per heavy atom. The maximum atomic E-state index is 12.3. The molecule has 0 saturated carbocycles. The molecule has 13 nitrogen and oxygen atoms in total. The van der Waals surface area contributed by atoms with Gasteiger partial charge in [-0.25, -0.2) is 9.59 Å². The van der Waals surface area contributed by atoms with Crippen LogP contribution in [0, 0.1) is 21.7 Å². The molecule has 394 valence electrons. The third-order valence-corrected chi connectivity index (χ3v) is 18.6. The van der Waals surface area contributed by atoms with Gasteiger partial charge in [0.1, 0.15) is 13.2 Å². The van der Waals surface area contributed by atoms with Gasteiger partial charge in [-0.1, -0.05) is 125 Å². The van der Waals surface area contributed by atoms with E-state index in [4.69, 9.17) is 42.3 Å². The van der Waals surface area contributed by atoms with E-state index in [9.17, 15) is 19.8 Å². The highest BCUT2D eigenvalue weighted by Crippen LogP contribution is 2.35. The van der Waals surface area contributed by atoms with E-state index in [0.29, 0.717) is 64.0 Å². The van der Waals surface area contributed by atoms with Crippen LogP contribution in [-0.4, -0.2) is 129 Å². The monoisotopic (exact) mass is 1020 g/mol. The van der Waals surface area contributed by atoms with E-state index in [-0.39, 0.29) is 34.1 Å². The second-order valence-corrected chi connectivity index (χ2v) is 24.1. The van der Waals surface area contributed by atoms with E-state index in [1.807, 2.05) is 42.5 Å². The topological polar surface area (TPSA) is 158 Å². The van der Waals surface area contributed by atoms with E-state index in [1.165, 1.54) is 28.3 Å². The van der Waals surface area contributed by atoms with Gasteiger partial charge in [-0.05, 0) is 82.1 Å². The van der Waals surface area contributed by atoms with Crippen LogP contribution in [0.1, 0.15) is 85.2 Å². The zero-order chi connectivity index (χ0) is 51.8. The highest BCUT2D eigenvalue weighted by atomic mass is 28.4. The van der Waals surface area contributed by atoms with Gasteiger partial charge in [0.2, 0.25) is 0 Å². The summed E-state index contributed by atoms with van der Waals surface area (Å²) < 4.78 is 49.4. The molecule has 0 spiro atoms. The number of aliphatic hydroxyl groups excluding tert-OH is 2. The van der Waals surface area contributed by atoms with Crippen LogP contribution in [0.5, 0.6) is 0 Å². The first-order valence-corrected chi connectivity index (χ1v) is 28.1. The molecule has 4 saturated heterocycles. The molecule has 73 heavy (non-hydrogen) atoms. The normalized spacial score (nSPS) is 17.7. The summed E-state index contributed by atoms with van der Waals surface area (Å²) >= 11 is 0. The predicted octanol–water partition coefficient (Wildman–Crippen LogP) is 8.80. The molecule has 0 radical (unpaired) electrons. The fourth-order valence-corrected chi connectivity index (χ4v) is 11.0. The van der Waals surface area contributed by atoms with Gasteiger partial charge >= 0.3 is 11.9 Å². The minimum atomic E-state index is -2.65. The lowest BCUT2D eigenvalue weighted by Crippen LogP contribution is -2.57. The SMILES string of the molecule is CCC1(COC(=O)c2cccc(C(=O)OCC3(CC)COC3)c2)COC1.CCC1(COCc2ccc(-c3ccc(COCC4(CC)COC4)cc3)cc2)COC1.CO[Si](CO)(CO)c1cccc2ccccc12. The van der Waals surface area contributed by atoms with Crippen molar-refractivity contribution in [2.75, 3.05) is 98.9 Å². The van der Waals surface area contributed by atoms with Crippen LogP contribution >= 0.6 is 0 Å². The molecule has 4 heterocycles. The lowest BCUT2D eigenvalue weighted by Gasteiger charge is -2.40. The molecule has 4 aliphatic heterocycles. The fraction of sp³-hybridized carbons (Fsp3) is 0.492. The minimum Gasteiger partial charge on any atom is -0.461 e. The number of fused-ring (bicyclic) bond motifs is 1. The molecule has 0 atom stereocenters. The van der Waals surface area contributed by atoms with Gasteiger partial charge in [-0.15, -0.1) is 0 Å². The van der Waals surface area contributed by atoms with Crippen molar-refractivity contribution in [1.29, 1.82) is 0 Å². The van der Waals surface area contributed by atoms with E-state index in [2.05, 4.69) is 76.2 Å². The van der Waals surface area contributed by atoms with E-state index >= 15 is 0 Å². The van der Waals surface area contributed by atoms with Crippen molar-refractivity contribution in [3.63, 3.8) is 0 Å². The Morgan fingerprint density at radius 2 is 0.890 bits per heavy atom. The number of hydrogen-bond donors (Lipinski definition) is 2.